The number of hydrogen-bond acceptors (Lipinski definition) is 4. The number of ether oxygens (including phenoxy) is 1. The molecule has 0 aromatic heterocycles. The van der Waals surface area contributed by atoms with E-state index in [4.69, 9.17) is 21.4 Å². The number of halogens is 1. The van der Waals surface area contributed by atoms with Crippen molar-refractivity contribution in [1.29, 1.82) is 0 Å². The van der Waals surface area contributed by atoms with Gasteiger partial charge in [0.15, 0.2) is 0 Å². The van der Waals surface area contributed by atoms with E-state index in [1.807, 2.05) is 12.1 Å². The summed E-state index contributed by atoms with van der Waals surface area (Å²) in [5.74, 6) is -0.848. The molecule has 0 spiro atoms. The summed E-state index contributed by atoms with van der Waals surface area (Å²) in [7, 11) is 1.73. The fourth-order valence-electron chi connectivity index (χ4n) is 2.63. The maximum absolute atomic E-state index is 12.4. The lowest BCUT2D eigenvalue weighted by molar-refractivity contribution is -0.142. The van der Waals surface area contributed by atoms with Crippen LogP contribution in [0.25, 0.3) is 0 Å². The van der Waals surface area contributed by atoms with E-state index < -0.39 is 5.97 Å². The Hall–Kier alpha value is -1.63. The number of likely N-dealkylation sites (N-methyl/N-ethyl adjacent to an activating group) is 1. The Morgan fingerprint density at radius 1 is 1.48 bits per heavy atom. The van der Waals surface area contributed by atoms with Crippen LogP contribution in [0.2, 0.25) is 5.02 Å². The first-order valence-corrected chi connectivity index (χ1v) is 7.86. The molecule has 126 valence electrons. The smallest absolute Gasteiger partial charge is 0.317 e. The molecular weight excluding hydrogens is 320 g/mol. The quantitative estimate of drug-likeness (QED) is 0.840. The van der Waals surface area contributed by atoms with Crippen LogP contribution >= 0.6 is 11.6 Å². The number of rotatable bonds is 6. The molecular formula is C16H21ClN2O4. The number of carbonyl (C=O) groups is 2. The minimum atomic E-state index is -0.878. The number of carboxylic acids is 1. The van der Waals surface area contributed by atoms with Crippen molar-refractivity contribution >= 4 is 23.5 Å². The molecule has 7 heteroatoms. The standard InChI is InChI=1S/C16H21ClN2O4/c1-18(11-16(21)22)9-14-10-19(5-6-23-14)15(20)8-12-3-2-4-13(17)7-12/h2-4,7,14H,5-6,8-11H2,1H3,(H,21,22)/t14-/m0/s1. The summed E-state index contributed by atoms with van der Waals surface area (Å²) in [5, 5.41) is 9.40. The molecule has 0 unspecified atom stereocenters. The van der Waals surface area contributed by atoms with Crippen LogP contribution in [-0.2, 0) is 20.7 Å². The van der Waals surface area contributed by atoms with Crippen molar-refractivity contribution in [2.24, 2.45) is 0 Å². The van der Waals surface area contributed by atoms with Gasteiger partial charge >= 0.3 is 5.97 Å². The third-order valence-electron chi connectivity index (χ3n) is 3.66. The summed E-state index contributed by atoms with van der Waals surface area (Å²) in [6.07, 6.45) is 0.134. The Morgan fingerprint density at radius 2 is 2.26 bits per heavy atom. The van der Waals surface area contributed by atoms with E-state index in [1.54, 1.807) is 29.0 Å². The van der Waals surface area contributed by atoms with Crippen molar-refractivity contribution in [2.75, 3.05) is 39.8 Å². The molecule has 2 rings (SSSR count). The van der Waals surface area contributed by atoms with Crippen LogP contribution in [0.3, 0.4) is 0 Å². The Labute approximate surface area is 140 Å². The molecule has 0 radical (unpaired) electrons. The Bertz CT molecular complexity index is 567. The molecule has 0 bridgehead atoms. The van der Waals surface area contributed by atoms with Gasteiger partial charge in [-0.25, -0.2) is 0 Å². The number of benzene rings is 1. The van der Waals surface area contributed by atoms with Crippen LogP contribution in [0.1, 0.15) is 5.56 Å². The SMILES string of the molecule is CN(CC(=O)O)C[C@H]1CN(C(=O)Cc2cccc(Cl)c2)CCO1. The van der Waals surface area contributed by atoms with Crippen LogP contribution in [0, 0.1) is 0 Å². The van der Waals surface area contributed by atoms with Gasteiger partial charge in [0.1, 0.15) is 0 Å². The molecule has 1 aromatic rings. The summed E-state index contributed by atoms with van der Waals surface area (Å²) in [4.78, 5) is 26.6. The molecule has 1 heterocycles. The van der Waals surface area contributed by atoms with E-state index in [0.29, 0.717) is 37.7 Å². The van der Waals surface area contributed by atoms with Gasteiger partial charge in [-0.3, -0.25) is 14.5 Å². The van der Waals surface area contributed by atoms with Gasteiger partial charge < -0.3 is 14.7 Å². The lowest BCUT2D eigenvalue weighted by Crippen LogP contribution is -2.50. The van der Waals surface area contributed by atoms with E-state index in [9.17, 15) is 9.59 Å². The summed E-state index contributed by atoms with van der Waals surface area (Å²) >= 11 is 5.94. The van der Waals surface area contributed by atoms with E-state index in [-0.39, 0.29) is 18.6 Å². The number of amides is 1. The minimum Gasteiger partial charge on any atom is -0.480 e. The van der Waals surface area contributed by atoms with Crippen molar-refractivity contribution in [3.63, 3.8) is 0 Å². The fraction of sp³-hybridized carbons (Fsp3) is 0.500. The van der Waals surface area contributed by atoms with Gasteiger partial charge in [0.05, 0.1) is 25.7 Å². The topological polar surface area (TPSA) is 70.1 Å². The first-order chi connectivity index (χ1) is 10.9. The summed E-state index contributed by atoms with van der Waals surface area (Å²) < 4.78 is 5.63. The fourth-order valence-corrected chi connectivity index (χ4v) is 2.85. The third kappa shape index (κ3) is 5.82. The largest absolute Gasteiger partial charge is 0.480 e. The van der Waals surface area contributed by atoms with Crippen molar-refractivity contribution in [1.82, 2.24) is 9.80 Å². The normalized spacial score (nSPS) is 18.2. The molecule has 1 fully saturated rings. The minimum absolute atomic E-state index is 0.0291. The molecule has 23 heavy (non-hydrogen) atoms. The van der Waals surface area contributed by atoms with Crippen molar-refractivity contribution < 1.29 is 19.4 Å². The second kappa shape index (κ2) is 8.29. The third-order valence-corrected chi connectivity index (χ3v) is 3.89. The molecule has 1 aliphatic heterocycles. The van der Waals surface area contributed by atoms with Crippen LogP contribution in [0.15, 0.2) is 24.3 Å². The predicted octanol–water partition coefficient (Wildman–Crippen LogP) is 1.13. The summed E-state index contributed by atoms with van der Waals surface area (Å²) in [6, 6.07) is 7.27. The second-order valence-corrected chi connectivity index (χ2v) is 6.17. The van der Waals surface area contributed by atoms with E-state index in [1.165, 1.54) is 0 Å². The Morgan fingerprint density at radius 3 is 2.96 bits per heavy atom. The van der Waals surface area contributed by atoms with Gasteiger partial charge in [0.2, 0.25) is 5.91 Å². The van der Waals surface area contributed by atoms with Crippen LogP contribution in [0.5, 0.6) is 0 Å². The zero-order valence-corrected chi connectivity index (χ0v) is 13.8. The highest BCUT2D eigenvalue weighted by Crippen LogP contribution is 2.13. The summed E-state index contributed by atoms with van der Waals surface area (Å²) in [6.45, 7) is 1.93. The van der Waals surface area contributed by atoms with Gasteiger partial charge in [0.25, 0.3) is 0 Å². The molecule has 1 saturated heterocycles. The monoisotopic (exact) mass is 340 g/mol. The molecule has 1 atom stereocenters. The molecule has 0 saturated carbocycles. The number of hydrogen-bond donors (Lipinski definition) is 1. The van der Waals surface area contributed by atoms with Crippen molar-refractivity contribution in [3.05, 3.63) is 34.9 Å². The van der Waals surface area contributed by atoms with Crippen LogP contribution in [-0.4, -0.2) is 72.7 Å². The maximum atomic E-state index is 12.4. The zero-order chi connectivity index (χ0) is 16.8. The van der Waals surface area contributed by atoms with E-state index >= 15 is 0 Å². The average molecular weight is 341 g/mol. The number of carbonyl (C=O) groups excluding carboxylic acids is 1. The molecule has 1 aliphatic rings. The molecule has 6 nitrogen and oxygen atoms in total. The summed E-state index contributed by atoms with van der Waals surface area (Å²) in [5.41, 5.74) is 0.883. The average Bonchev–Trinajstić information content (AvgIpc) is 2.46. The van der Waals surface area contributed by atoms with E-state index in [0.717, 1.165) is 5.56 Å². The van der Waals surface area contributed by atoms with Crippen molar-refractivity contribution in [2.45, 2.75) is 12.5 Å². The second-order valence-electron chi connectivity index (χ2n) is 5.73. The number of carboxylic acid groups (broad SMARTS) is 1. The van der Waals surface area contributed by atoms with E-state index in [2.05, 4.69) is 0 Å². The highest BCUT2D eigenvalue weighted by Gasteiger charge is 2.25. The lowest BCUT2D eigenvalue weighted by atomic mass is 10.1. The Balaban J connectivity index is 1.87. The molecule has 0 aliphatic carbocycles. The number of nitrogens with zero attached hydrogens (tertiary/aromatic N) is 2. The van der Waals surface area contributed by atoms with Gasteiger partial charge in [-0.05, 0) is 24.7 Å². The van der Waals surface area contributed by atoms with Crippen LogP contribution in [0.4, 0.5) is 0 Å². The highest BCUT2D eigenvalue weighted by atomic mass is 35.5. The first kappa shape index (κ1) is 17.7. The Kier molecular flexibility index (Phi) is 6.38. The van der Waals surface area contributed by atoms with Crippen molar-refractivity contribution in [3.8, 4) is 0 Å². The first-order valence-electron chi connectivity index (χ1n) is 7.48. The van der Waals surface area contributed by atoms with Gasteiger partial charge in [0, 0.05) is 24.7 Å². The zero-order valence-electron chi connectivity index (χ0n) is 13.1. The number of aliphatic carboxylic acids is 1. The predicted molar refractivity (Wildman–Crippen MR) is 86.6 cm³/mol. The van der Waals surface area contributed by atoms with Gasteiger partial charge in [-0.1, -0.05) is 23.7 Å². The molecule has 1 N–H and O–H groups in total. The number of morpholine rings is 1. The van der Waals surface area contributed by atoms with Gasteiger partial charge in [-0.2, -0.15) is 0 Å². The maximum Gasteiger partial charge on any atom is 0.317 e. The van der Waals surface area contributed by atoms with Gasteiger partial charge in [-0.15, -0.1) is 0 Å². The lowest BCUT2D eigenvalue weighted by Gasteiger charge is -2.34. The molecule has 1 amide bonds. The highest BCUT2D eigenvalue weighted by molar-refractivity contribution is 6.30. The van der Waals surface area contributed by atoms with Crippen LogP contribution < -0.4 is 0 Å². The molecule has 1 aromatic carbocycles.